The molecule has 1 saturated heterocycles. The number of aryl methyl sites for hydroxylation is 2. The van der Waals surface area contributed by atoms with Gasteiger partial charge in [0.25, 0.3) is 0 Å². The molecule has 2 rings (SSSR count). The summed E-state index contributed by atoms with van der Waals surface area (Å²) < 4.78 is 1.16. The van der Waals surface area contributed by atoms with Crippen LogP contribution in [0.3, 0.4) is 0 Å². The maximum atomic E-state index is 3.80. The lowest BCUT2D eigenvalue weighted by Crippen LogP contribution is -2.48. The summed E-state index contributed by atoms with van der Waals surface area (Å²) in [6.45, 7) is 10.2. The van der Waals surface area contributed by atoms with Crippen LogP contribution in [-0.2, 0) is 0 Å². The van der Waals surface area contributed by atoms with Crippen molar-refractivity contribution >= 4 is 21.6 Å². The van der Waals surface area contributed by atoms with Crippen LogP contribution in [0.25, 0.3) is 0 Å². The van der Waals surface area contributed by atoms with Gasteiger partial charge in [0, 0.05) is 28.8 Å². The topological polar surface area (TPSA) is 15.3 Å². The van der Waals surface area contributed by atoms with Crippen LogP contribution in [0.2, 0.25) is 0 Å². The Hall–Kier alpha value is -0.540. The van der Waals surface area contributed by atoms with Gasteiger partial charge in [-0.1, -0.05) is 22.9 Å². The van der Waals surface area contributed by atoms with Crippen molar-refractivity contribution in [3.63, 3.8) is 0 Å². The summed E-state index contributed by atoms with van der Waals surface area (Å²) in [5.74, 6) is 0.684. The Morgan fingerprint density at radius 2 is 1.79 bits per heavy atom. The van der Waals surface area contributed by atoms with Crippen molar-refractivity contribution < 1.29 is 0 Å². The first-order valence-corrected chi connectivity index (χ1v) is 7.91. The second-order valence-electron chi connectivity index (χ2n) is 6.17. The van der Waals surface area contributed by atoms with Crippen molar-refractivity contribution in [1.82, 2.24) is 4.90 Å². The fourth-order valence-corrected chi connectivity index (χ4v) is 3.75. The van der Waals surface area contributed by atoms with Crippen molar-refractivity contribution in [2.75, 3.05) is 18.9 Å². The molecule has 0 aliphatic carbocycles. The zero-order chi connectivity index (χ0) is 14.2. The van der Waals surface area contributed by atoms with Gasteiger partial charge in [-0.15, -0.1) is 0 Å². The van der Waals surface area contributed by atoms with Crippen molar-refractivity contribution in [2.45, 2.75) is 46.2 Å². The first-order valence-electron chi connectivity index (χ1n) is 7.12. The standard InChI is InChI=1S/C16H25BrN2/c1-10-6-14(17)7-11(2)16(10)18-15-8-13(4)19(5)9-12(15)3/h6-7,12-13,15,18H,8-9H2,1-5H3. The minimum Gasteiger partial charge on any atom is -0.382 e. The van der Waals surface area contributed by atoms with Gasteiger partial charge in [-0.2, -0.15) is 0 Å². The number of nitrogens with one attached hydrogen (secondary N) is 1. The van der Waals surface area contributed by atoms with E-state index in [1.165, 1.54) is 29.8 Å². The van der Waals surface area contributed by atoms with Crippen LogP contribution < -0.4 is 5.32 Å². The van der Waals surface area contributed by atoms with E-state index >= 15 is 0 Å². The highest BCUT2D eigenvalue weighted by Gasteiger charge is 2.29. The van der Waals surface area contributed by atoms with E-state index in [1.54, 1.807) is 0 Å². The Labute approximate surface area is 125 Å². The predicted molar refractivity (Wildman–Crippen MR) is 86.9 cm³/mol. The van der Waals surface area contributed by atoms with E-state index in [9.17, 15) is 0 Å². The number of nitrogens with zero attached hydrogens (tertiary/aromatic N) is 1. The molecule has 19 heavy (non-hydrogen) atoms. The molecule has 2 nitrogen and oxygen atoms in total. The van der Waals surface area contributed by atoms with Gasteiger partial charge in [-0.25, -0.2) is 0 Å². The van der Waals surface area contributed by atoms with Gasteiger partial charge in [0.2, 0.25) is 0 Å². The number of likely N-dealkylation sites (tertiary alicyclic amines) is 1. The summed E-state index contributed by atoms with van der Waals surface area (Å²) in [7, 11) is 2.23. The molecule has 3 unspecified atom stereocenters. The summed E-state index contributed by atoms with van der Waals surface area (Å²) in [6.07, 6.45) is 1.21. The summed E-state index contributed by atoms with van der Waals surface area (Å²) >= 11 is 3.57. The highest BCUT2D eigenvalue weighted by molar-refractivity contribution is 9.10. The quantitative estimate of drug-likeness (QED) is 0.876. The van der Waals surface area contributed by atoms with Crippen molar-refractivity contribution in [3.05, 3.63) is 27.7 Å². The van der Waals surface area contributed by atoms with Crippen molar-refractivity contribution in [1.29, 1.82) is 0 Å². The zero-order valence-corrected chi connectivity index (χ0v) is 14.2. The van der Waals surface area contributed by atoms with E-state index in [4.69, 9.17) is 0 Å². The van der Waals surface area contributed by atoms with Gasteiger partial charge in [-0.3, -0.25) is 0 Å². The Morgan fingerprint density at radius 1 is 1.21 bits per heavy atom. The number of benzene rings is 1. The van der Waals surface area contributed by atoms with Crippen molar-refractivity contribution in [3.8, 4) is 0 Å². The summed E-state index contributed by atoms with van der Waals surface area (Å²) in [6, 6.07) is 5.62. The second-order valence-corrected chi connectivity index (χ2v) is 7.08. The zero-order valence-electron chi connectivity index (χ0n) is 12.6. The average Bonchev–Trinajstić information content (AvgIpc) is 2.29. The largest absolute Gasteiger partial charge is 0.382 e. The molecule has 0 aromatic heterocycles. The van der Waals surface area contributed by atoms with Crippen LogP contribution in [0, 0.1) is 19.8 Å². The molecule has 0 spiro atoms. The number of hydrogen-bond donors (Lipinski definition) is 1. The molecule has 1 aromatic rings. The minimum absolute atomic E-state index is 0.574. The maximum Gasteiger partial charge on any atom is 0.0402 e. The van der Waals surface area contributed by atoms with Crippen LogP contribution in [0.1, 0.15) is 31.4 Å². The molecule has 1 fully saturated rings. The van der Waals surface area contributed by atoms with E-state index < -0.39 is 0 Å². The molecule has 0 radical (unpaired) electrons. The molecule has 1 aliphatic rings. The van der Waals surface area contributed by atoms with Crippen LogP contribution in [0.5, 0.6) is 0 Å². The van der Waals surface area contributed by atoms with Crippen LogP contribution in [0.15, 0.2) is 16.6 Å². The smallest absolute Gasteiger partial charge is 0.0402 e. The van der Waals surface area contributed by atoms with Gasteiger partial charge in [-0.05, 0) is 63.4 Å². The molecule has 3 atom stereocenters. The molecule has 1 aromatic carbocycles. The van der Waals surface area contributed by atoms with Crippen LogP contribution in [0.4, 0.5) is 5.69 Å². The molecule has 0 saturated carbocycles. The minimum atomic E-state index is 0.574. The number of hydrogen-bond acceptors (Lipinski definition) is 2. The lowest BCUT2D eigenvalue weighted by atomic mass is 9.89. The average molecular weight is 325 g/mol. The van der Waals surface area contributed by atoms with Gasteiger partial charge in [0.15, 0.2) is 0 Å². The third kappa shape index (κ3) is 3.32. The van der Waals surface area contributed by atoms with E-state index in [0.717, 1.165) is 4.47 Å². The third-order valence-electron chi connectivity index (χ3n) is 4.44. The highest BCUT2D eigenvalue weighted by Crippen LogP contribution is 2.29. The lowest BCUT2D eigenvalue weighted by molar-refractivity contribution is 0.145. The summed E-state index contributed by atoms with van der Waals surface area (Å²) in [4.78, 5) is 2.46. The van der Waals surface area contributed by atoms with Crippen LogP contribution >= 0.6 is 15.9 Å². The molecule has 1 heterocycles. The van der Waals surface area contributed by atoms with E-state index in [0.29, 0.717) is 18.0 Å². The van der Waals surface area contributed by atoms with Crippen molar-refractivity contribution in [2.24, 2.45) is 5.92 Å². The fourth-order valence-electron chi connectivity index (χ4n) is 3.07. The van der Waals surface area contributed by atoms with Crippen LogP contribution in [-0.4, -0.2) is 30.6 Å². The molecule has 0 amide bonds. The maximum absolute atomic E-state index is 3.80. The molecule has 0 bridgehead atoms. The molecule has 3 heteroatoms. The normalized spacial score (nSPS) is 28.4. The monoisotopic (exact) mass is 324 g/mol. The Bertz CT molecular complexity index is 435. The third-order valence-corrected chi connectivity index (χ3v) is 4.90. The molecular formula is C16H25BrN2. The van der Waals surface area contributed by atoms with E-state index in [1.807, 2.05) is 0 Å². The van der Waals surface area contributed by atoms with E-state index in [-0.39, 0.29) is 0 Å². The fraction of sp³-hybridized carbons (Fsp3) is 0.625. The number of piperidine rings is 1. The highest BCUT2D eigenvalue weighted by atomic mass is 79.9. The van der Waals surface area contributed by atoms with Gasteiger partial charge in [0.05, 0.1) is 0 Å². The molecule has 1 aliphatic heterocycles. The van der Waals surface area contributed by atoms with Gasteiger partial charge >= 0.3 is 0 Å². The number of anilines is 1. The molecule has 106 valence electrons. The first kappa shape index (κ1) is 14.9. The summed E-state index contributed by atoms with van der Waals surface area (Å²) in [5, 5.41) is 3.80. The first-order chi connectivity index (χ1) is 8.88. The second kappa shape index (κ2) is 5.84. The predicted octanol–water partition coefficient (Wildman–Crippen LogP) is 4.21. The van der Waals surface area contributed by atoms with Gasteiger partial charge < -0.3 is 10.2 Å². The molecular weight excluding hydrogens is 300 g/mol. The number of halogens is 1. The SMILES string of the molecule is Cc1cc(Br)cc(C)c1NC1CC(C)N(C)CC1C. The Balaban J connectivity index is 2.17. The van der Waals surface area contributed by atoms with Gasteiger partial charge in [0.1, 0.15) is 0 Å². The number of rotatable bonds is 2. The summed E-state index contributed by atoms with van der Waals surface area (Å²) in [5.41, 5.74) is 3.97. The lowest BCUT2D eigenvalue weighted by Gasteiger charge is -2.40. The van der Waals surface area contributed by atoms with E-state index in [2.05, 4.69) is 73.0 Å². The Morgan fingerprint density at radius 3 is 2.37 bits per heavy atom. The molecule has 1 N–H and O–H groups in total. The Kier molecular flexibility index (Phi) is 4.57.